The first kappa shape index (κ1) is 41.9. The van der Waals surface area contributed by atoms with Crippen LogP contribution in [0.2, 0.25) is 0 Å². The van der Waals surface area contributed by atoms with E-state index >= 15 is 4.57 Å². The molecule has 4 nitrogen and oxygen atoms in total. The first-order valence-corrected chi connectivity index (χ1v) is 21.5. The highest BCUT2D eigenvalue weighted by Crippen LogP contribution is 2.64. The number of phosphoric ester groups is 1. The maximum Gasteiger partial charge on any atom is 0.476 e. The summed E-state index contributed by atoms with van der Waals surface area (Å²) in [6.45, 7) is 12.0. The third kappa shape index (κ3) is 9.68. The lowest BCUT2D eigenvalue weighted by Gasteiger charge is -2.48. The van der Waals surface area contributed by atoms with E-state index in [2.05, 4.69) is 95.6 Å². The fourth-order valence-corrected chi connectivity index (χ4v) is 14.6. The van der Waals surface area contributed by atoms with Crippen LogP contribution in [0, 0.1) is 0 Å². The van der Waals surface area contributed by atoms with E-state index in [-0.39, 0.29) is 46.6 Å². The average molecular weight is 1010 g/mol. The maximum absolute atomic E-state index is 15.3. The average Bonchev–Trinajstić information content (AvgIpc) is 2.94. The van der Waals surface area contributed by atoms with Crippen molar-refractivity contribution in [3.63, 3.8) is 0 Å². The van der Waals surface area contributed by atoms with Gasteiger partial charge in [-0.25, -0.2) is 4.57 Å². The summed E-state index contributed by atoms with van der Waals surface area (Å²) >= 11 is 42.5. The molecule has 6 unspecified atom stereocenters. The molecular formula is C24H42Br6Cl3O4P. The lowest BCUT2D eigenvalue weighted by molar-refractivity contribution is -0.0534. The van der Waals surface area contributed by atoms with Crippen LogP contribution in [0.15, 0.2) is 0 Å². The van der Waals surface area contributed by atoms with Crippen molar-refractivity contribution in [1.82, 2.24) is 0 Å². The highest BCUT2D eigenvalue weighted by molar-refractivity contribution is 9.10. The van der Waals surface area contributed by atoms with E-state index in [0.717, 1.165) is 0 Å². The van der Waals surface area contributed by atoms with Crippen molar-refractivity contribution in [1.29, 1.82) is 0 Å². The molecule has 0 aliphatic carbocycles. The summed E-state index contributed by atoms with van der Waals surface area (Å²) in [7, 11) is -4.47. The van der Waals surface area contributed by atoms with Crippen LogP contribution in [0.5, 0.6) is 0 Å². The molecule has 0 aromatic heterocycles. The number of alkyl halides is 9. The molecule has 0 heterocycles. The molecule has 230 valence electrons. The van der Waals surface area contributed by atoms with Gasteiger partial charge >= 0.3 is 7.82 Å². The Morgan fingerprint density at radius 3 is 0.763 bits per heavy atom. The van der Waals surface area contributed by atoms with Gasteiger partial charge < -0.3 is 0 Å². The Balaban J connectivity index is 7.45. The Morgan fingerprint density at radius 1 is 0.500 bits per heavy atom. The molecule has 0 spiro atoms. The van der Waals surface area contributed by atoms with Crippen LogP contribution in [0.4, 0.5) is 0 Å². The molecular weight excluding hydrogens is 969 g/mol. The number of halogens is 9. The molecule has 0 fully saturated rings. The summed E-state index contributed by atoms with van der Waals surface area (Å²) in [5, 5.41) is 0. The lowest BCUT2D eigenvalue weighted by atomic mass is 9.94. The molecule has 0 aliphatic rings. The molecule has 0 saturated heterocycles. The lowest BCUT2D eigenvalue weighted by Crippen LogP contribution is -2.56. The molecule has 6 atom stereocenters. The van der Waals surface area contributed by atoms with Gasteiger partial charge in [0, 0.05) is 29.0 Å². The fourth-order valence-electron chi connectivity index (χ4n) is 4.26. The molecule has 0 radical (unpaired) electrons. The van der Waals surface area contributed by atoms with Gasteiger partial charge in [0.25, 0.3) is 0 Å². The second-order valence-corrected chi connectivity index (χ2v) is 18.1. The van der Waals surface area contributed by atoms with E-state index in [1.54, 1.807) is 0 Å². The number of phosphoric acid groups is 1. The Morgan fingerprint density at radius 2 is 0.658 bits per heavy atom. The Hall–Kier alpha value is 3.86. The van der Waals surface area contributed by atoms with Crippen LogP contribution < -0.4 is 0 Å². The second kappa shape index (κ2) is 19.4. The molecule has 38 heavy (non-hydrogen) atoms. The zero-order valence-electron chi connectivity index (χ0n) is 22.8. The molecule has 0 N–H and O–H groups in total. The largest absolute Gasteiger partial charge is 0.476 e. The number of hydrogen-bond donors (Lipinski definition) is 0. The molecule has 0 saturated carbocycles. The van der Waals surface area contributed by atoms with E-state index < -0.39 is 24.6 Å². The van der Waals surface area contributed by atoms with Crippen LogP contribution in [0.3, 0.4) is 0 Å². The minimum atomic E-state index is -4.47. The standard InChI is InChI=1S/C24H42Br6Cl3O4P/c1-7-16(25)22(13-31,17(26)8-2)35-38(34,36-23(14-32,18(27)9-3)19(28)10-4)37-24(15-33,20(29)11-5)21(30)12-6/h16-21H,7-15H2,1-6H3. The van der Waals surface area contributed by atoms with Gasteiger partial charge in [-0.1, -0.05) is 137 Å². The van der Waals surface area contributed by atoms with E-state index in [0.29, 0.717) is 38.5 Å². The summed E-state index contributed by atoms with van der Waals surface area (Å²) in [4.78, 5) is -1.57. The SMILES string of the molecule is CCC(Br)C(CCl)(OP(=O)(OC(CCl)(C(Br)CC)C(Br)CC)OC(CCl)(C(Br)CC)C(Br)CC)C(Br)CC. The van der Waals surface area contributed by atoms with Crippen LogP contribution in [-0.4, -0.2) is 63.4 Å². The van der Waals surface area contributed by atoms with Gasteiger partial charge in [-0.2, -0.15) is 0 Å². The third-order valence-electron chi connectivity index (χ3n) is 6.80. The van der Waals surface area contributed by atoms with E-state index in [9.17, 15) is 0 Å². The normalized spacial score (nSPS) is 23.7. The van der Waals surface area contributed by atoms with Crippen molar-refractivity contribution < 1.29 is 18.1 Å². The maximum atomic E-state index is 15.3. The van der Waals surface area contributed by atoms with Gasteiger partial charge in [0.2, 0.25) is 0 Å². The fraction of sp³-hybridized carbons (Fsp3) is 1.00. The van der Waals surface area contributed by atoms with Crippen molar-refractivity contribution in [2.45, 2.75) is 126 Å². The predicted octanol–water partition coefficient (Wildman–Crippen LogP) is 12.1. The second-order valence-electron chi connectivity index (χ2n) is 9.24. The summed E-state index contributed by atoms with van der Waals surface area (Å²) in [6.07, 6.45) is 3.97. The number of hydrogen-bond acceptors (Lipinski definition) is 4. The Bertz CT molecular complexity index is 608. The van der Waals surface area contributed by atoms with Crippen molar-refractivity contribution in [3.8, 4) is 0 Å². The highest BCUT2D eigenvalue weighted by Gasteiger charge is 2.58. The monoisotopic (exact) mass is 1000 g/mol. The van der Waals surface area contributed by atoms with Gasteiger partial charge in [0.1, 0.15) is 16.8 Å². The van der Waals surface area contributed by atoms with E-state index in [1.807, 2.05) is 41.5 Å². The summed E-state index contributed by atoms with van der Waals surface area (Å²) in [6, 6.07) is 0. The van der Waals surface area contributed by atoms with Gasteiger partial charge in [-0.3, -0.25) is 13.6 Å². The topological polar surface area (TPSA) is 44.8 Å². The molecule has 14 heteroatoms. The highest BCUT2D eigenvalue weighted by atomic mass is 79.9. The third-order valence-corrected chi connectivity index (χ3v) is 18.3. The molecule has 0 bridgehead atoms. The zero-order chi connectivity index (χ0) is 29.9. The Kier molecular flexibility index (Phi) is 21.4. The van der Waals surface area contributed by atoms with Gasteiger partial charge in [-0.05, 0) is 38.5 Å². The quantitative estimate of drug-likeness (QED) is 0.0849. The van der Waals surface area contributed by atoms with Crippen LogP contribution in [-0.2, 0) is 18.1 Å². The number of rotatable bonds is 21. The van der Waals surface area contributed by atoms with E-state index in [1.165, 1.54) is 0 Å². The van der Waals surface area contributed by atoms with Crippen LogP contribution in [0.25, 0.3) is 0 Å². The summed E-state index contributed by atoms with van der Waals surface area (Å²) in [5.41, 5.74) is -3.41. The zero-order valence-corrected chi connectivity index (χ0v) is 35.5. The molecule has 0 aliphatic heterocycles. The van der Waals surface area contributed by atoms with Gasteiger partial charge in [-0.15, -0.1) is 34.8 Å². The Labute approximate surface area is 296 Å². The van der Waals surface area contributed by atoms with E-state index in [4.69, 9.17) is 48.4 Å². The minimum absolute atomic E-state index is 0.0348. The van der Waals surface area contributed by atoms with Gasteiger partial charge in [0.05, 0.1) is 17.6 Å². The predicted molar refractivity (Wildman–Crippen MR) is 189 cm³/mol. The van der Waals surface area contributed by atoms with Crippen molar-refractivity contribution in [2.75, 3.05) is 17.6 Å². The van der Waals surface area contributed by atoms with Crippen LogP contribution in [0.1, 0.15) is 80.1 Å². The smallest absolute Gasteiger partial charge is 0.277 e. The summed E-state index contributed by atoms with van der Waals surface area (Å²) < 4.78 is 35.3. The molecule has 0 aromatic carbocycles. The first-order chi connectivity index (χ1) is 17.7. The molecule has 0 aromatic rings. The minimum Gasteiger partial charge on any atom is -0.277 e. The van der Waals surface area contributed by atoms with Crippen LogP contribution >= 0.6 is 138 Å². The summed E-state index contributed by atoms with van der Waals surface area (Å²) in [5.74, 6) is 0.104. The molecule has 0 rings (SSSR count). The van der Waals surface area contributed by atoms with Crippen molar-refractivity contribution >= 4 is 138 Å². The molecule has 0 amide bonds. The van der Waals surface area contributed by atoms with Crippen molar-refractivity contribution in [2.24, 2.45) is 0 Å². The first-order valence-electron chi connectivity index (χ1n) is 12.9. The van der Waals surface area contributed by atoms with Gasteiger partial charge in [0.15, 0.2) is 0 Å². The van der Waals surface area contributed by atoms with Crippen molar-refractivity contribution in [3.05, 3.63) is 0 Å².